The molecule has 2 fully saturated rings. The summed E-state index contributed by atoms with van der Waals surface area (Å²) in [6, 6.07) is 0.853. The Morgan fingerprint density at radius 3 is 2.24 bits per heavy atom. The molecule has 2 aliphatic rings. The lowest BCUT2D eigenvalue weighted by molar-refractivity contribution is 0.0849. The van der Waals surface area contributed by atoms with Gasteiger partial charge in [0.05, 0.1) is 0 Å². The fraction of sp³-hybridized carbons (Fsp3) is 0.917. The maximum atomic E-state index is 10.6. The smallest absolute Gasteiger partial charge is 0.404 e. The summed E-state index contributed by atoms with van der Waals surface area (Å²) in [5.74, 6) is 0. The zero-order valence-corrected chi connectivity index (χ0v) is 10.6. The van der Waals surface area contributed by atoms with Gasteiger partial charge in [0.1, 0.15) is 0 Å². The summed E-state index contributed by atoms with van der Waals surface area (Å²) in [4.78, 5) is 15.5. The minimum absolute atomic E-state index is 0.177. The van der Waals surface area contributed by atoms with Crippen LogP contribution in [0, 0.1) is 0 Å². The van der Waals surface area contributed by atoms with E-state index in [1.54, 1.807) is 0 Å². The molecule has 0 unspecified atom stereocenters. The number of piperazine rings is 1. The standard InChI is InChI=1S/C12H23N3O2/c1-14-6-8-15(9-7-14)11-4-2-10(3-5-11)13-12(16)17/h10-11,13H,2-9H2,1H3,(H,16,17). The largest absolute Gasteiger partial charge is 0.465 e. The summed E-state index contributed by atoms with van der Waals surface area (Å²) >= 11 is 0. The third kappa shape index (κ3) is 3.57. The van der Waals surface area contributed by atoms with Crippen LogP contribution in [0.4, 0.5) is 4.79 Å². The Hall–Kier alpha value is -0.810. The van der Waals surface area contributed by atoms with Gasteiger partial charge in [-0.1, -0.05) is 0 Å². The van der Waals surface area contributed by atoms with Crippen LogP contribution in [-0.2, 0) is 0 Å². The van der Waals surface area contributed by atoms with Crippen LogP contribution in [0.1, 0.15) is 25.7 Å². The SMILES string of the molecule is CN1CCN(C2CCC(NC(=O)O)CC2)CC1. The number of amides is 1. The topological polar surface area (TPSA) is 55.8 Å². The molecule has 0 radical (unpaired) electrons. The Morgan fingerprint density at radius 2 is 1.71 bits per heavy atom. The fourth-order valence-corrected chi connectivity index (χ4v) is 2.95. The second-order valence-electron chi connectivity index (χ2n) is 5.29. The van der Waals surface area contributed by atoms with Crippen LogP contribution >= 0.6 is 0 Å². The number of nitrogens with one attached hydrogen (secondary N) is 1. The Kier molecular flexibility index (Phi) is 4.23. The first-order valence-electron chi connectivity index (χ1n) is 6.57. The average Bonchev–Trinajstić information content (AvgIpc) is 2.30. The van der Waals surface area contributed by atoms with Gasteiger partial charge in [-0.3, -0.25) is 4.90 Å². The van der Waals surface area contributed by atoms with Gasteiger partial charge in [-0.05, 0) is 32.7 Å². The van der Waals surface area contributed by atoms with Gasteiger partial charge in [0.2, 0.25) is 0 Å². The zero-order chi connectivity index (χ0) is 12.3. The van der Waals surface area contributed by atoms with Gasteiger partial charge in [-0.25, -0.2) is 4.79 Å². The number of hydrogen-bond donors (Lipinski definition) is 2. The highest BCUT2D eigenvalue weighted by molar-refractivity contribution is 5.64. The monoisotopic (exact) mass is 241 g/mol. The van der Waals surface area contributed by atoms with E-state index in [0.29, 0.717) is 6.04 Å². The molecule has 1 saturated carbocycles. The highest BCUT2D eigenvalue weighted by Gasteiger charge is 2.27. The van der Waals surface area contributed by atoms with Gasteiger partial charge in [0, 0.05) is 38.3 Å². The van der Waals surface area contributed by atoms with Gasteiger partial charge in [-0.2, -0.15) is 0 Å². The van der Waals surface area contributed by atoms with Crippen molar-refractivity contribution in [1.82, 2.24) is 15.1 Å². The van der Waals surface area contributed by atoms with Crippen LogP contribution in [0.15, 0.2) is 0 Å². The predicted molar refractivity (Wildman–Crippen MR) is 66.3 cm³/mol. The molecule has 2 rings (SSSR count). The van der Waals surface area contributed by atoms with Crippen molar-refractivity contribution in [2.24, 2.45) is 0 Å². The van der Waals surface area contributed by atoms with E-state index in [-0.39, 0.29) is 6.04 Å². The minimum atomic E-state index is -0.881. The summed E-state index contributed by atoms with van der Waals surface area (Å²) in [7, 11) is 2.17. The predicted octanol–water partition coefficient (Wildman–Crippen LogP) is 0.813. The van der Waals surface area contributed by atoms with E-state index in [2.05, 4.69) is 22.2 Å². The van der Waals surface area contributed by atoms with Crippen LogP contribution in [0.3, 0.4) is 0 Å². The van der Waals surface area contributed by atoms with E-state index in [1.807, 2.05) is 0 Å². The number of hydrogen-bond acceptors (Lipinski definition) is 3. The minimum Gasteiger partial charge on any atom is -0.465 e. The van der Waals surface area contributed by atoms with Crippen LogP contribution in [0.25, 0.3) is 0 Å². The van der Waals surface area contributed by atoms with Crippen molar-refractivity contribution in [3.8, 4) is 0 Å². The molecular formula is C12H23N3O2. The molecule has 0 aromatic heterocycles. The van der Waals surface area contributed by atoms with Crippen LogP contribution in [0.2, 0.25) is 0 Å². The van der Waals surface area contributed by atoms with Crippen molar-refractivity contribution < 1.29 is 9.90 Å². The highest BCUT2D eigenvalue weighted by atomic mass is 16.4. The van der Waals surface area contributed by atoms with Crippen LogP contribution in [0.5, 0.6) is 0 Å². The zero-order valence-electron chi connectivity index (χ0n) is 10.6. The van der Waals surface area contributed by atoms with E-state index in [0.717, 1.165) is 51.9 Å². The van der Waals surface area contributed by atoms with E-state index < -0.39 is 6.09 Å². The average molecular weight is 241 g/mol. The van der Waals surface area contributed by atoms with Gasteiger partial charge in [0.15, 0.2) is 0 Å². The lowest BCUT2D eigenvalue weighted by atomic mass is 9.90. The Labute approximate surface area is 103 Å². The molecule has 1 amide bonds. The van der Waals surface area contributed by atoms with Gasteiger partial charge < -0.3 is 15.3 Å². The maximum absolute atomic E-state index is 10.6. The molecule has 2 N–H and O–H groups in total. The van der Waals surface area contributed by atoms with Gasteiger partial charge in [-0.15, -0.1) is 0 Å². The first kappa shape index (κ1) is 12.6. The van der Waals surface area contributed by atoms with Gasteiger partial charge >= 0.3 is 6.09 Å². The van der Waals surface area contributed by atoms with Crippen molar-refractivity contribution in [1.29, 1.82) is 0 Å². The van der Waals surface area contributed by atoms with Crippen LogP contribution < -0.4 is 5.32 Å². The molecule has 5 nitrogen and oxygen atoms in total. The summed E-state index contributed by atoms with van der Waals surface area (Å²) in [5.41, 5.74) is 0. The van der Waals surface area contributed by atoms with E-state index >= 15 is 0 Å². The molecule has 0 spiro atoms. The number of likely N-dealkylation sites (N-methyl/N-ethyl adjacent to an activating group) is 1. The molecule has 5 heteroatoms. The molecule has 0 bridgehead atoms. The number of carbonyl (C=O) groups is 1. The van der Waals surface area contributed by atoms with Crippen molar-refractivity contribution in [2.75, 3.05) is 33.2 Å². The number of rotatable bonds is 2. The molecule has 1 aliphatic carbocycles. The van der Waals surface area contributed by atoms with E-state index in [4.69, 9.17) is 5.11 Å². The quantitative estimate of drug-likeness (QED) is 0.751. The summed E-state index contributed by atoms with van der Waals surface area (Å²) in [6.45, 7) is 4.65. The summed E-state index contributed by atoms with van der Waals surface area (Å²) in [6.07, 6.45) is 3.36. The van der Waals surface area contributed by atoms with Crippen molar-refractivity contribution in [3.63, 3.8) is 0 Å². The Morgan fingerprint density at radius 1 is 1.12 bits per heavy atom. The number of carboxylic acid groups (broad SMARTS) is 1. The Bertz CT molecular complexity index is 256. The highest BCUT2D eigenvalue weighted by Crippen LogP contribution is 2.23. The molecule has 1 saturated heterocycles. The number of nitrogens with zero attached hydrogens (tertiary/aromatic N) is 2. The fourth-order valence-electron chi connectivity index (χ4n) is 2.95. The maximum Gasteiger partial charge on any atom is 0.404 e. The first-order valence-corrected chi connectivity index (χ1v) is 6.57. The van der Waals surface area contributed by atoms with Gasteiger partial charge in [0.25, 0.3) is 0 Å². The molecule has 0 atom stereocenters. The first-order chi connectivity index (χ1) is 8.15. The molecular weight excluding hydrogens is 218 g/mol. The molecule has 17 heavy (non-hydrogen) atoms. The second-order valence-corrected chi connectivity index (χ2v) is 5.29. The molecule has 0 aromatic carbocycles. The third-order valence-corrected chi connectivity index (χ3v) is 4.08. The molecule has 0 aromatic rings. The van der Waals surface area contributed by atoms with Crippen molar-refractivity contribution >= 4 is 6.09 Å². The lowest BCUT2D eigenvalue weighted by Gasteiger charge is -2.41. The summed E-state index contributed by atoms with van der Waals surface area (Å²) in [5, 5.41) is 11.3. The van der Waals surface area contributed by atoms with Crippen molar-refractivity contribution in [2.45, 2.75) is 37.8 Å². The van der Waals surface area contributed by atoms with Crippen LogP contribution in [-0.4, -0.2) is 66.3 Å². The molecule has 98 valence electrons. The molecule has 1 aliphatic heterocycles. The van der Waals surface area contributed by atoms with E-state index in [9.17, 15) is 4.79 Å². The second kappa shape index (κ2) is 5.69. The van der Waals surface area contributed by atoms with Crippen molar-refractivity contribution in [3.05, 3.63) is 0 Å². The lowest BCUT2D eigenvalue weighted by Crippen LogP contribution is -2.51. The normalized spacial score (nSPS) is 32.3. The third-order valence-electron chi connectivity index (χ3n) is 4.08. The summed E-state index contributed by atoms with van der Waals surface area (Å²) < 4.78 is 0. The van der Waals surface area contributed by atoms with E-state index in [1.165, 1.54) is 0 Å². The molecule has 1 heterocycles. The Balaban J connectivity index is 1.73.